The second kappa shape index (κ2) is 4.80. The number of nitriles is 1. The number of benzene rings is 2. The molecular formula is C19H19N. The average Bonchev–Trinajstić information content (AvgIpc) is 2.83. The maximum absolute atomic E-state index is 9.80. The van der Waals surface area contributed by atoms with Gasteiger partial charge < -0.3 is 0 Å². The van der Waals surface area contributed by atoms with Crippen molar-refractivity contribution in [2.45, 2.75) is 38.5 Å². The SMILES string of the molecule is Cc1ccc(CC2(C#N)CCc3ccccc32)cc1C. The Morgan fingerprint density at radius 1 is 1.10 bits per heavy atom. The van der Waals surface area contributed by atoms with E-state index in [1.807, 2.05) is 0 Å². The van der Waals surface area contributed by atoms with E-state index in [9.17, 15) is 5.26 Å². The van der Waals surface area contributed by atoms with Crippen LogP contribution in [-0.2, 0) is 18.3 Å². The second-order valence-corrected chi connectivity index (χ2v) is 5.95. The van der Waals surface area contributed by atoms with Crippen LogP contribution in [0, 0.1) is 25.2 Å². The Bertz CT molecular complexity index is 693. The van der Waals surface area contributed by atoms with Crippen LogP contribution in [0.3, 0.4) is 0 Å². The van der Waals surface area contributed by atoms with Crippen molar-refractivity contribution in [3.8, 4) is 6.07 Å². The maximum atomic E-state index is 9.80. The quantitative estimate of drug-likeness (QED) is 0.792. The van der Waals surface area contributed by atoms with E-state index >= 15 is 0 Å². The highest BCUT2D eigenvalue weighted by Gasteiger charge is 2.38. The molecule has 0 saturated carbocycles. The third-order valence-corrected chi connectivity index (χ3v) is 4.65. The van der Waals surface area contributed by atoms with Crippen molar-refractivity contribution in [2.24, 2.45) is 0 Å². The summed E-state index contributed by atoms with van der Waals surface area (Å²) in [7, 11) is 0. The molecule has 20 heavy (non-hydrogen) atoms. The lowest BCUT2D eigenvalue weighted by Crippen LogP contribution is -2.23. The minimum absolute atomic E-state index is 0.335. The van der Waals surface area contributed by atoms with Gasteiger partial charge in [0.1, 0.15) is 0 Å². The van der Waals surface area contributed by atoms with Crippen LogP contribution >= 0.6 is 0 Å². The summed E-state index contributed by atoms with van der Waals surface area (Å²) < 4.78 is 0. The molecule has 0 heterocycles. The van der Waals surface area contributed by atoms with Crippen molar-refractivity contribution < 1.29 is 0 Å². The van der Waals surface area contributed by atoms with Gasteiger partial charge in [-0.2, -0.15) is 5.26 Å². The van der Waals surface area contributed by atoms with E-state index in [-0.39, 0.29) is 5.41 Å². The molecule has 1 atom stereocenters. The molecule has 0 aliphatic heterocycles. The van der Waals surface area contributed by atoms with Gasteiger partial charge in [0.05, 0.1) is 11.5 Å². The molecule has 1 unspecified atom stereocenters. The monoisotopic (exact) mass is 261 g/mol. The number of hydrogen-bond acceptors (Lipinski definition) is 1. The first kappa shape index (κ1) is 12.9. The van der Waals surface area contributed by atoms with Gasteiger partial charge in [0.2, 0.25) is 0 Å². The van der Waals surface area contributed by atoms with E-state index in [1.165, 1.54) is 27.8 Å². The predicted molar refractivity (Wildman–Crippen MR) is 81.7 cm³/mol. The van der Waals surface area contributed by atoms with Crippen LogP contribution in [0.1, 0.15) is 34.2 Å². The smallest absolute Gasteiger partial charge is 0.0868 e. The molecule has 3 rings (SSSR count). The summed E-state index contributed by atoms with van der Waals surface area (Å²) in [6.45, 7) is 4.27. The fourth-order valence-corrected chi connectivity index (χ4v) is 3.29. The Morgan fingerprint density at radius 2 is 1.90 bits per heavy atom. The van der Waals surface area contributed by atoms with Gasteiger partial charge in [0, 0.05) is 0 Å². The zero-order valence-corrected chi connectivity index (χ0v) is 12.1. The fourth-order valence-electron chi connectivity index (χ4n) is 3.29. The summed E-state index contributed by atoms with van der Waals surface area (Å²) in [6, 6.07) is 17.6. The number of rotatable bonds is 2. The van der Waals surface area contributed by atoms with Crippen molar-refractivity contribution in [1.82, 2.24) is 0 Å². The lowest BCUT2D eigenvalue weighted by atomic mass is 9.77. The Labute approximate surface area is 120 Å². The minimum atomic E-state index is -0.335. The van der Waals surface area contributed by atoms with Crippen LogP contribution in [-0.4, -0.2) is 0 Å². The van der Waals surface area contributed by atoms with Crippen molar-refractivity contribution >= 4 is 0 Å². The van der Waals surface area contributed by atoms with Crippen LogP contribution in [0.4, 0.5) is 0 Å². The second-order valence-electron chi connectivity index (χ2n) is 5.95. The van der Waals surface area contributed by atoms with E-state index < -0.39 is 0 Å². The lowest BCUT2D eigenvalue weighted by Gasteiger charge is -2.22. The molecule has 1 aliphatic rings. The van der Waals surface area contributed by atoms with Crippen LogP contribution in [0.5, 0.6) is 0 Å². The molecule has 0 spiro atoms. The van der Waals surface area contributed by atoms with E-state index in [4.69, 9.17) is 0 Å². The molecule has 100 valence electrons. The largest absolute Gasteiger partial charge is 0.197 e. The van der Waals surface area contributed by atoms with Crippen LogP contribution in [0.25, 0.3) is 0 Å². The molecule has 0 saturated heterocycles. The molecule has 2 aromatic carbocycles. The van der Waals surface area contributed by atoms with Crippen LogP contribution < -0.4 is 0 Å². The molecule has 1 aliphatic carbocycles. The van der Waals surface area contributed by atoms with Gasteiger partial charge in [0.15, 0.2) is 0 Å². The van der Waals surface area contributed by atoms with Gasteiger partial charge in [-0.3, -0.25) is 0 Å². The summed E-state index contributed by atoms with van der Waals surface area (Å²) in [5.74, 6) is 0. The standard InChI is InChI=1S/C19H19N/c1-14-7-8-16(11-15(14)2)12-19(13-20)10-9-17-5-3-4-6-18(17)19/h3-8,11H,9-10,12H2,1-2H3. The van der Waals surface area contributed by atoms with Gasteiger partial charge in [-0.15, -0.1) is 0 Å². The van der Waals surface area contributed by atoms with Crippen molar-refractivity contribution in [3.63, 3.8) is 0 Å². The molecule has 0 bridgehead atoms. The third kappa shape index (κ3) is 2.02. The van der Waals surface area contributed by atoms with E-state index in [1.54, 1.807) is 0 Å². The first-order valence-electron chi connectivity index (χ1n) is 7.20. The lowest BCUT2D eigenvalue weighted by molar-refractivity contribution is 0.541. The van der Waals surface area contributed by atoms with Crippen molar-refractivity contribution in [3.05, 3.63) is 70.3 Å². The van der Waals surface area contributed by atoms with Crippen molar-refractivity contribution in [2.75, 3.05) is 0 Å². The first-order valence-corrected chi connectivity index (χ1v) is 7.20. The maximum Gasteiger partial charge on any atom is 0.0868 e. The summed E-state index contributed by atoms with van der Waals surface area (Å²) in [6.07, 6.45) is 2.78. The zero-order valence-electron chi connectivity index (χ0n) is 12.1. The summed E-state index contributed by atoms with van der Waals surface area (Å²) >= 11 is 0. The Hall–Kier alpha value is -2.07. The zero-order chi connectivity index (χ0) is 14.2. The number of aryl methyl sites for hydroxylation is 3. The molecule has 0 aromatic heterocycles. The highest BCUT2D eigenvalue weighted by molar-refractivity contribution is 5.46. The predicted octanol–water partition coefficient (Wildman–Crippen LogP) is 4.25. The van der Waals surface area contributed by atoms with E-state index in [0.717, 1.165) is 19.3 Å². The molecule has 2 aromatic rings. The molecule has 0 radical (unpaired) electrons. The minimum Gasteiger partial charge on any atom is -0.197 e. The van der Waals surface area contributed by atoms with Gasteiger partial charge in [-0.1, -0.05) is 42.5 Å². The Morgan fingerprint density at radius 3 is 2.65 bits per heavy atom. The Balaban J connectivity index is 2.00. The number of hydrogen-bond donors (Lipinski definition) is 0. The average molecular weight is 261 g/mol. The van der Waals surface area contributed by atoms with E-state index in [2.05, 4.69) is 62.4 Å². The van der Waals surface area contributed by atoms with Gasteiger partial charge in [0.25, 0.3) is 0 Å². The highest BCUT2D eigenvalue weighted by Crippen LogP contribution is 2.41. The molecular weight excluding hydrogens is 242 g/mol. The Kier molecular flexibility index (Phi) is 3.10. The topological polar surface area (TPSA) is 23.8 Å². The highest BCUT2D eigenvalue weighted by atomic mass is 14.4. The summed E-state index contributed by atoms with van der Waals surface area (Å²) in [5, 5.41) is 9.80. The van der Waals surface area contributed by atoms with Gasteiger partial charge >= 0.3 is 0 Å². The summed E-state index contributed by atoms with van der Waals surface area (Å²) in [4.78, 5) is 0. The molecule has 1 heteroatoms. The van der Waals surface area contributed by atoms with Crippen molar-refractivity contribution in [1.29, 1.82) is 5.26 Å². The third-order valence-electron chi connectivity index (χ3n) is 4.65. The van der Waals surface area contributed by atoms with Crippen LogP contribution in [0.15, 0.2) is 42.5 Å². The van der Waals surface area contributed by atoms with Gasteiger partial charge in [-0.25, -0.2) is 0 Å². The van der Waals surface area contributed by atoms with E-state index in [0.29, 0.717) is 0 Å². The molecule has 1 nitrogen and oxygen atoms in total. The van der Waals surface area contributed by atoms with Gasteiger partial charge in [-0.05, 0) is 60.9 Å². The summed E-state index contributed by atoms with van der Waals surface area (Å²) in [5.41, 5.74) is 6.14. The van der Waals surface area contributed by atoms with Crippen LogP contribution in [0.2, 0.25) is 0 Å². The normalized spacial score (nSPS) is 20.4. The molecule has 0 N–H and O–H groups in total. The molecule has 0 amide bonds. The molecule has 0 fully saturated rings. The fraction of sp³-hybridized carbons (Fsp3) is 0.316. The first-order chi connectivity index (χ1) is 9.64. The number of fused-ring (bicyclic) bond motifs is 1. The number of nitrogens with zero attached hydrogens (tertiary/aromatic N) is 1.